The minimum Gasteiger partial charge on any atom is -0.398 e. The lowest BCUT2D eigenvalue weighted by Crippen LogP contribution is -2.29. The average Bonchev–Trinajstić information content (AvgIpc) is 2.79. The van der Waals surface area contributed by atoms with E-state index in [0.29, 0.717) is 0 Å². The summed E-state index contributed by atoms with van der Waals surface area (Å²) in [6.07, 6.45) is 9.73. The third kappa shape index (κ3) is 3.27. The number of aromatic nitrogens is 1. The molecule has 2 heterocycles. The molecule has 3 heteroatoms. The summed E-state index contributed by atoms with van der Waals surface area (Å²) in [5, 5.41) is 1.33. The van der Waals surface area contributed by atoms with E-state index in [-0.39, 0.29) is 0 Å². The molecule has 0 spiro atoms. The molecule has 29 heavy (non-hydrogen) atoms. The Kier molecular flexibility index (Phi) is 4.91. The monoisotopic (exact) mass is 385 g/mol. The van der Waals surface area contributed by atoms with Crippen LogP contribution in [0.25, 0.3) is 22.2 Å². The van der Waals surface area contributed by atoms with Crippen LogP contribution in [0, 0.1) is 0 Å². The Morgan fingerprint density at radius 2 is 1.59 bits per heavy atom. The van der Waals surface area contributed by atoms with Crippen LogP contribution in [0.3, 0.4) is 0 Å². The molecule has 2 aromatic carbocycles. The summed E-state index contributed by atoms with van der Waals surface area (Å²) in [4.78, 5) is 7.70. The van der Waals surface area contributed by atoms with Gasteiger partial charge in [0.15, 0.2) is 0 Å². The van der Waals surface area contributed by atoms with Crippen LogP contribution in [0.2, 0.25) is 0 Å². The normalized spacial score (nSPS) is 16.8. The predicted molar refractivity (Wildman–Crippen MR) is 124 cm³/mol. The Hall–Kier alpha value is -2.55. The van der Waals surface area contributed by atoms with Crippen LogP contribution in [0.1, 0.15) is 55.7 Å². The predicted octanol–water partition coefficient (Wildman–Crippen LogP) is 5.92. The van der Waals surface area contributed by atoms with Gasteiger partial charge in [-0.15, -0.1) is 0 Å². The molecular formula is C26H31N3. The van der Waals surface area contributed by atoms with Crippen LogP contribution in [0.15, 0.2) is 36.4 Å². The SMILES string of the molecule is CCc1c(N)ccc2nc(-c3ccc(N4CCCCC4)cc3)c3c(c12)CCCC3. The van der Waals surface area contributed by atoms with Crippen molar-refractivity contribution in [2.45, 2.75) is 58.3 Å². The van der Waals surface area contributed by atoms with Gasteiger partial charge in [-0.25, -0.2) is 4.98 Å². The van der Waals surface area contributed by atoms with Crippen molar-refractivity contribution in [1.82, 2.24) is 4.98 Å². The molecule has 5 rings (SSSR count). The van der Waals surface area contributed by atoms with Crippen molar-refractivity contribution in [2.75, 3.05) is 23.7 Å². The molecule has 2 aliphatic rings. The summed E-state index contributed by atoms with van der Waals surface area (Å²) in [7, 11) is 0. The van der Waals surface area contributed by atoms with Crippen molar-refractivity contribution in [3.8, 4) is 11.3 Å². The number of aryl methyl sites for hydroxylation is 2. The van der Waals surface area contributed by atoms with Crippen molar-refractivity contribution in [2.24, 2.45) is 0 Å². The number of hydrogen-bond acceptors (Lipinski definition) is 3. The first-order chi connectivity index (χ1) is 14.3. The molecule has 0 amide bonds. The summed E-state index contributed by atoms with van der Waals surface area (Å²) in [6, 6.07) is 13.3. The number of pyridine rings is 1. The van der Waals surface area contributed by atoms with Crippen LogP contribution in [-0.4, -0.2) is 18.1 Å². The fraction of sp³-hybridized carbons (Fsp3) is 0.423. The lowest BCUT2D eigenvalue weighted by atomic mass is 9.84. The van der Waals surface area contributed by atoms with Gasteiger partial charge < -0.3 is 10.6 Å². The number of piperidine rings is 1. The summed E-state index contributed by atoms with van der Waals surface area (Å²) in [5.74, 6) is 0. The van der Waals surface area contributed by atoms with E-state index in [9.17, 15) is 0 Å². The van der Waals surface area contributed by atoms with E-state index >= 15 is 0 Å². The highest BCUT2D eigenvalue weighted by atomic mass is 15.1. The van der Waals surface area contributed by atoms with Gasteiger partial charge in [0.2, 0.25) is 0 Å². The molecule has 1 saturated heterocycles. The Labute approximate surface area is 173 Å². The molecule has 1 fully saturated rings. The Balaban J connectivity index is 1.62. The quantitative estimate of drug-likeness (QED) is 0.569. The molecule has 0 saturated carbocycles. The highest BCUT2D eigenvalue weighted by Crippen LogP contribution is 2.38. The van der Waals surface area contributed by atoms with Crippen molar-refractivity contribution >= 4 is 22.3 Å². The summed E-state index contributed by atoms with van der Waals surface area (Å²) in [5.41, 5.74) is 16.4. The molecule has 150 valence electrons. The van der Waals surface area contributed by atoms with Crippen molar-refractivity contribution in [3.63, 3.8) is 0 Å². The topological polar surface area (TPSA) is 42.1 Å². The van der Waals surface area contributed by atoms with Gasteiger partial charge in [-0.05, 0) is 92.3 Å². The lowest BCUT2D eigenvalue weighted by molar-refractivity contribution is 0.578. The second-order valence-corrected chi connectivity index (χ2v) is 8.60. The van der Waals surface area contributed by atoms with Gasteiger partial charge >= 0.3 is 0 Å². The fourth-order valence-electron chi connectivity index (χ4n) is 5.31. The molecule has 1 aromatic heterocycles. The van der Waals surface area contributed by atoms with Gasteiger partial charge in [-0.3, -0.25) is 0 Å². The largest absolute Gasteiger partial charge is 0.398 e. The number of anilines is 2. The van der Waals surface area contributed by atoms with Crippen LogP contribution < -0.4 is 10.6 Å². The zero-order chi connectivity index (χ0) is 19.8. The summed E-state index contributed by atoms with van der Waals surface area (Å²) < 4.78 is 0. The third-order valence-corrected chi connectivity index (χ3v) is 6.83. The van der Waals surface area contributed by atoms with Crippen LogP contribution in [0.5, 0.6) is 0 Å². The minimum atomic E-state index is 0.910. The number of benzene rings is 2. The number of nitrogen functional groups attached to an aromatic ring is 1. The highest BCUT2D eigenvalue weighted by molar-refractivity contribution is 5.93. The molecular weight excluding hydrogens is 354 g/mol. The van der Waals surface area contributed by atoms with E-state index in [1.54, 1.807) is 0 Å². The van der Waals surface area contributed by atoms with E-state index in [1.165, 1.54) is 84.2 Å². The van der Waals surface area contributed by atoms with Crippen LogP contribution >= 0.6 is 0 Å². The van der Waals surface area contributed by atoms with Gasteiger partial charge in [0.1, 0.15) is 0 Å². The molecule has 0 atom stereocenters. The van der Waals surface area contributed by atoms with Gasteiger partial charge in [-0.2, -0.15) is 0 Å². The second kappa shape index (κ2) is 7.70. The Morgan fingerprint density at radius 3 is 2.31 bits per heavy atom. The van der Waals surface area contributed by atoms with E-state index in [0.717, 1.165) is 30.5 Å². The average molecular weight is 386 g/mol. The van der Waals surface area contributed by atoms with Crippen molar-refractivity contribution < 1.29 is 0 Å². The first-order valence-electron chi connectivity index (χ1n) is 11.3. The minimum absolute atomic E-state index is 0.910. The number of nitrogens with zero attached hydrogens (tertiary/aromatic N) is 2. The number of fused-ring (bicyclic) bond motifs is 3. The molecule has 3 nitrogen and oxygen atoms in total. The molecule has 0 bridgehead atoms. The molecule has 0 radical (unpaired) electrons. The fourth-order valence-corrected chi connectivity index (χ4v) is 5.31. The maximum absolute atomic E-state index is 6.33. The van der Waals surface area contributed by atoms with Gasteiger partial charge in [0.25, 0.3) is 0 Å². The van der Waals surface area contributed by atoms with E-state index in [1.807, 2.05) is 6.07 Å². The van der Waals surface area contributed by atoms with E-state index in [2.05, 4.69) is 42.2 Å². The van der Waals surface area contributed by atoms with Crippen molar-refractivity contribution in [1.29, 1.82) is 0 Å². The van der Waals surface area contributed by atoms with Crippen molar-refractivity contribution in [3.05, 3.63) is 53.1 Å². The maximum Gasteiger partial charge on any atom is 0.0744 e. The standard InChI is InChI=1S/C26H31N3/c1-2-20-23(27)14-15-24-25(20)21-8-4-5-9-22(21)26(28-24)18-10-12-19(13-11-18)29-16-6-3-7-17-29/h10-15H,2-9,16-17,27H2,1H3. The zero-order valence-electron chi connectivity index (χ0n) is 17.5. The lowest BCUT2D eigenvalue weighted by Gasteiger charge is -2.29. The highest BCUT2D eigenvalue weighted by Gasteiger charge is 2.21. The number of nitrogens with two attached hydrogens (primary N) is 1. The summed E-state index contributed by atoms with van der Waals surface area (Å²) in [6.45, 7) is 4.57. The first kappa shape index (κ1) is 18.5. The molecule has 3 aromatic rings. The van der Waals surface area contributed by atoms with Gasteiger partial charge in [0, 0.05) is 35.4 Å². The van der Waals surface area contributed by atoms with E-state index < -0.39 is 0 Å². The first-order valence-corrected chi connectivity index (χ1v) is 11.3. The Morgan fingerprint density at radius 1 is 0.862 bits per heavy atom. The molecule has 0 unspecified atom stereocenters. The molecule has 1 aliphatic heterocycles. The number of hydrogen-bond donors (Lipinski definition) is 1. The van der Waals surface area contributed by atoms with Crippen LogP contribution in [-0.2, 0) is 19.3 Å². The second-order valence-electron chi connectivity index (χ2n) is 8.60. The molecule has 2 N–H and O–H groups in total. The van der Waals surface area contributed by atoms with E-state index in [4.69, 9.17) is 10.7 Å². The summed E-state index contributed by atoms with van der Waals surface area (Å²) >= 11 is 0. The maximum atomic E-state index is 6.33. The van der Waals surface area contributed by atoms with Crippen LogP contribution in [0.4, 0.5) is 11.4 Å². The molecule has 1 aliphatic carbocycles. The zero-order valence-corrected chi connectivity index (χ0v) is 17.5. The van der Waals surface area contributed by atoms with Gasteiger partial charge in [-0.1, -0.05) is 19.1 Å². The van der Waals surface area contributed by atoms with Gasteiger partial charge in [0.05, 0.1) is 11.2 Å². The third-order valence-electron chi connectivity index (χ3n) is 6.83. The number of rotatable bonds is 3. The Bertz CT molecular complexity index is 1030. The smallest absolute Gasteiger partial charge is 0.0744 e.